The van der Waals surface area contributed by atoms with Gasteiger partial charge in [-0.2, -0.15) is 0 Å². The summed E-state index contributed by atoms with van der Waals surface area (Å²) in [5.41, 5.74) is 6.15. The van der Waals surface area contributed by atoms with E-state index in [-0.39, 0.29) is 0 Å². The zero-order valence-electron chi connectivity index (χ0n) is 20.8. The average Bonchev–Trinajstić information content (AvgIpc) is 2.82. The summed E-state index contributed by atoms with van der Waals surface area (Å²) in [6.07, 6.45) is 27.4. The van der Waals surface area contributed by atoms with E-state index in [0.717, 1.165) is 0 Å². The van der Waals surface area contributed by atoms with E-state index in [1.54, 1.807) is 0 Å². The first kappa shape index (κ1) is 25.1. The van der Waals surface area contributed by atoms with Gasteiger partial charge in [-0.15, -0.1) is 0 Å². The maximum Gasteiger partial charge on any atom is -0.0279 e. The van der Waals surface area contributed by atoms with Crippen LogP contribution in [0.2, 0.25) is 0 Å². The molecule has 0 saturated heterocycles. The molecule has 4 aliphatic carbocycles. The Morgan fingerprint density at radius 2 is 0.375 bits per heavy atom. The first-order chi connectivity index (χ1) is 15.9. The SMILES string of the molecule is c1cc2ccc1CCCCCCCCCCc1ccc(cc1)CCCCCCCCCC2. The van der Waals surface area contributed by atoms with Crippen molar-refractivity contribution in [1.82, 2.24) is 0 Å². The molecule has 2 aromatic rings. The molecule has 32 heavy (non-hydrogen) atoms. The summed E-state index contributed by atoms with van der Waals surface area (Å²) in [5, 5.41) is 0. The molecule has 6 rings (SSSR count). The zero-order valence-corrected chi connectivity index (χ0v) is 20.8. The van der Waals surface area contributed by atoms with E-state index < -0.39 is 0 Å². The Morgan fingerprint density at radius 1 is 0.219 bits per heavy atom. The minimum absolute atomic E-state index is 1.26. The molecule has 4 bridgehead atoms. The number of benzene rings is 2. The molecule has 0 aromatic heterocycles. The lowest BCUT2D eigenvalue weighted by Gasteiger charge is -2.07. The van der Waals surface area contributed by atoms with Crippen molar-refractivity contribution in [3.63, 3.8) is 0 Å². The number of rotatable bonds is 0. The van der Waals surface area contributed by atoms with Crippen LogP contribution in [0.4, 0.5) is 0 Å². The van der Waals surface area contributed by atoms with E-state index in [1.807, 2.05) is 0 Å². The van der Waals surface area contributed by atoms with Crippen molar-refractivity contribution in [3.8, 4) is 0 Å². The molecule has 0 aliphatic heterocycles. The minimum atomic E-state index is 1.26. The maximum absolute atomic E-state index is 2.39. The van der Waals surface area contributed by atoms with Crippen LogP contribution in [0.1, 0.15) is 125 Å². The van der Waals surface area contributed by atoms with Gasteiger partial charge in [-0.05, 0) is 73.6 Å². The fourth-order valence-corrected chi connectivity index (χ4v) is 5.18. The van der Waals surface area contributed by atoms with Gasteiger partial charge in [-0.25, -0.2) is 0 Å². The lowest BCUT2D eigenvalue weighted by Crippen LogP contribution is -1.91. The largest absolute Gasteiger partial charge is 0.0588 e. The van der Waals surface area contributed by atoms with E-state index in [9.17, 15) is 0 Å². The van der Waals surface area contributed by atoms with Crippen molar-refractivity contribution < 1.29 is 0 Å². The van der Waals surface area contributed by atoms with Gasteiger partial charge in [0.2, 0.25) is 0 Å². The lowest BCUT2D eigenvalue weighted by atomic mass is 9.99. The first-order valence-corrected chi connectivity index (χ1v) is 14.1. The van der Waals surface area contributed by atoms with Gasteiger partial charge in [0, 0.05) is 0 Å². The Kier molecular flexibility index (Phi) is 12.6. The molecule has 0 spiro atoms. The number of aryl methyl sites for hydroxylation is 4. The van der Waals surface area contributed by atoms with Crippen LogP contribution in [0.15, 0.2) is 48.5 Å². The smallest absolute Gasteiger partial charge is 0.0279 e. The van der Waals surface area contributed by atoms with Crippen molar-refractivity contribution in [2.45, 2.75) is 128 Å². The van der Waals surface area contributed by atoms with Gasteiger partial charge in [-0.3, -0.25) is 0 Å². The van der Waals surface area contributed by atoms with Crippen LogP contribution in [-0.4, -0.2) is 0 Å². The summed E-state index contributed by atoms with van der Waals surface area (Å²) in [4.78, 5) is 0. The second kappa shape index (κ2) is 16.1. The van der Waals surface area contributed by atoms with Crippen molar-refractivity contribution in [3.05, 3.63) is 70.8 Å². The van der Waals surface area contributed by atoms with Crippen LogP contribution in [0.25, 0.3) is 0 Å². The molecule has 2 aromatic carbocycles. The maximum atomic E-state index is 2.39. The van der Waals surface area contributed by atoms with Gasteiger partial charge in [0.1, 0.15) is 0 Å². The minimum Gasteiger partial charge on any atom is -0.0588 e. The molecule has 0 amide bonds. The van der Waals surface area contributed by atoms with Gasteiger partial charge in [0.15, 0.2) is 0 Å². The molecule has 0 atom stereocenters. The third-order valence-electron chi connectivity index (χ3n) is 7.41. The third-order valence-corrected chi connectivity index (χ3v) is 7.41. The summed E-state index contributed by atoms with van der Waals surface area (Å²) in [6, 6.07) is 19.1. The third kappa shape index (κ3) is 10.8. The van der Waals surface area contributed by atoms with E-state index in [4.69, 9.17) is 0 Å². The number of hydrogen-bond donors (Lipinski definition) is 0. The van der Waals surface area contributed by atoms with Crippen molar-refractivity contribution in [2.24, 2.45) is 0 Å². The Labute approximate surface area is 199 Å². The van der Waals surface area contributed by atoms with Gasteiger partial charge >= 0.3 is 0 Å². The molecule has 0 fully saturated rings. The molecular weight excluding hydrogens is 384 g/mol. The van der Waals surface area contributed by atoms with Crippen LogP contribution in [0.3, 0.4) is 0 Å². The standard InChI is InChI=1S/C32H48/c1-2-6-10-14-18-30-25-27-32(28-26-30)20-16-12-8-4-3-7-11-15-19-31-23-21-29(22-24-31)17-13-9-5-1/h21-28H,1-20H2. The quantitative estimate of drug-likeness (QED) is 0.388. The molecule has 0 unspecified atom stereocenters. The van der Waals surface area contributed by atoms with Crippen molar-refractivity contribution in [2.75, 3.05) is 0 Å². The highest BCUT2D eigenvalue weighted by atomic mass is 14.1. The summed E-state index contributed by atoms with van der Waals surface area (Å²) in [5.74, 6) is 0. The van der Waals surface area contributed by atoms with E-state index in [1.165, 1.54) is 151 Å². The Balaban J connectivity index is 1.39. The predicted molar refractivity (Wildman–Crippen MR) is 142 cm³/mol. The highest BCUT2D eigenvalue weighted by molar-refractivity contribution is 5.23. The highest BCUT2D eigenvalue weighted by Gasteiger charge is 2.00. The average molecular weight is 433 g/mol. The van der Waals surface area contributed by atoms with Gasteiger partial charge in [-0.1, -0.05) is 126 Å². The Bertz CT molecular complexity index is 568. The monoisotopic (exact) mass is 432 g/mol. The van der Waals surface area contributed by atoms with Crippen molar-refractivity contribution in [1.29, 1.82) is 0 Å². The summed E-state index contributed by atoms with van der Waals surface area (Å²) >= 11 is 0. The molecule has 4 aliphatic rings. The van der Waals surface area contributed by atoms with E-state index in [2.05, 4.69) is 48.5 Å². The molecular formula is C32H48. The van der Waals surface area contributed by atoms with Gasteiger partial charge in [0.05, 0.1) is 0 Å². The van der Waals surface area contributed by atoms with E-state index in [0.29, 0.717) is 0 Å². The molecule has 0 nitrogen and oxygen atoms in total. The summed E-state index contributed by atoms with van der Waals surface area (Å²) in [7, 11) is 0. The molecule has 0 saturated carbocycles. The fourth-order valence-electron chi connectivity index (χ4n) is 5.18. The predicted octanol–water partition coefficient (Wildman–Crippen LogP) is 9.81. The molecule has 0 radical (unpaired) electrons. The van der Waals surface area contributed by atoms with Crippen LogP contribution < -0.4 is 0 Å². The summed E-state index contributed by atoms with van der Waals surface area (Å²) in [6.45, 7) is 0. The second-order valence-corrected chi connectivity index (χ2v) is 10.3. The Morgan fingerprint density at radius 3 is 0.562 bits per heavy atom. The first-order valence-electron chi connectivity index (χ1n) is 14.1. The van der Waals surface area contributed by atoms with Crippen LogP contribution >= 0.6 is 0 Å². The van der Waals surface area contributed by atoms with Crippen LogP contribution in [0, 0.1) is 0 Å². The lowest BCUT2D eigenvalue weighted by molar-refractivity contribution is 0.566. The van der Waals surface area contributed by atoms with Crippen LogP contribution in [0.5, 0.6) is 0 Å². The molecule has 0 heterocycles. The molecule has 176 valence electrons. The fraction of sp³-hybridized carbons (Fsp3) is 0.625. The van der Waals surface area contributed by atoms with Crippen LogP contribution in [-0.2, 0) is 25.7 Å². The van der Waals surface area contributed by atoms with E-state index >= 15 is 0 Å². The topological polar surface area (TPSA) is 0 Å². The second-order valence-electron chi connectivity index (χ2n) is 10.3. The highest BCUT2D eigenvalue weighted by Crippen LogP contribution is 2.17. The van der Waals surface area contributed by atoms with Gasteiger partial charge < -0.3 is 0 Å². The normalized spacial score (nSPS) is 19.2. The molecule has 0 heteroatoms. The van der Waals surface area contributed by atoms with Crippen molar-refractivity contribution >= 4 is 0 Å². The zero-order chi connectivity index (χ0) is 22.1. The summed E-state index contributed by atoms with van der Waals surface area (Å²) < 4.78 is 0. The molecule has 0 N–H and O–H groups in total. The van der Waals surface area contributed by atoms with Gasteiger partial charge in [0.25, 0.3) is 0 Å². The Hall–Kier alpha value is -1.56. The number of hydrogen-bond acceptors (Lipinski definition) is 0.